The van der Waals surface area contributed by atoms with E-state index in [1.54, 1.807) is 50.6 Å². The second-order valence-corrected chi connectivity index (χ2v) is 33.6. The Kier molecular flexibility index (Phi) is 109. The molecule has 0 saturated heterocycles. The zero-order valence-corrected chi connectivity index (χ0v) is 83.4. The first-order valence-electron chi connectivity index (χ1n) is 47.7. The Morgan fingerprint density at radius 3 is 0.567 bits per heavy atom. The van der Waals surface area contributed by atoms with Crippen LogP contribution in [-0.4, -0.2) is 87.4 Å². The van der Waals surface area contributed by atoms with Crippen molar-refractivity contribution in [3.8, 4) is 51.7 Å². The minimum absolute atomic E-state index is 0. The van der Waals surface area contributed by atoms with Gasteiger partial charge in [0.05, 0.1) is 12.2 Å². The summed E-state index contributed by atoms with van der Waals surface area (Å²) in [5.74, 6) is 11.8. The molecule has 0 heterocycles. The summed E-state index contributed by atoms with van der Waals surface area (Å²) in [6, 6.07) is 72.1. The third-order valence-electron chi connectivity index (χ3n) is 23.3. The van der Waals surface area contributed by atoms with Crippen LogP contribution in [-0.2, 0) is 23.7 Å². The Morgan fingerprint density at radius 2 is 0.397 bits per heavy atom. The maximum atomic E-state index is 9.01. The molecule has 9 aromatic rings. The lowest BCUT2D eigenvalue weighted by Gasteiger charge is -2.26. The van der Waals surface area contributed by atoms with Crippen LogP contribution in [0.4, 0.5) is 0 Å². The van der Waals surface area contributed by atoms with Gasteiger partial charge in [0.2, 0.25) is 0 Å². The molecule has 14 nitrogen and oxygen atoms in total. The summed E-state index contributed by atoms with van der Waals surface area (Å²) in [4.78, 5) is 0. The second kappa shape index (κ2) is 95.8. The molecular formula is C127H226O14. The molecule has 0 aliphatic heterocycles. The SMILES string of the molecule is C.C.C.C.C.C.C.C.C.C.C.C.C.C.CCC(C)c1ccc(O)cc1.CCC(C)c1ccc(O)cc1.CCC(C)c1ccc(O)cc1.CCC(C)c1ccc(OC(C)C)cc1.CCC(C)c1ccc(OC(C)OC2CCCCC2)cc1.CCC(C)c1ccc(OCOC)cc1.CCC(C)c1ccc(OCOC)cc1.CCOC(C)Oc1ccc(C(C)CC)cc1.CCOC(C)Oc1ccc(C(C)CC)cc1. The van der Waals surface area contributed by atoms with E-state index in [4.69, 9.17) is 67.4 Å². The molecule has 0 bridgehead atoms. The largest absolute Gasteiger partial charge is 0.508 e. The van der Waals surface area contributed by atoms with E-state index in [1.807, 2.05) is 133 Å². The summed E-state index contributed by atoms with van der Waals surface area (Å²) >= 11 is 0. The summed E-state index contributed by atoms with van der Waals surface area (Å²) < 4.78 is 59.5. The summed E-state index contributed by atoms with van der Waals surface area (Å²) in [5, 5.41) is 27.0. The van der Waals surface area contributed by atoms with Crippen LogP contribution in [0.15, 0.2) is 218 Å². The maximum Gasteiger partial charge on any atom is 0.197 e. The minimum Gasteiger partial charge on any atom is -0.508 e. The predicted molar refractivity (Wildman–Crippen MR) is 628 cm³/mol. The highest BCUT2D eigenvalue weighted by molar-refractivity contribution is 5.36. The number of aromatic hydroxyl groups is 3. The molecule has 0 spiro atoms. The van der Waals surface area contributed by atoms with Crippen LogP contribution in [0.3, 0.4) is 0 Å². The van der Waals surface area contributed by atoms with Gasteiger partial charge in [0.15, 0.2) is 32.5 Å². The van der Waals surface area contributed by atoms with Crippen LogP contribution < -0.4 is 28.4 Å². The highest BCUT2D eigenvalue weighted by Gasteiger charge is 2.19. The van der Waals surface area contributed by atoms with Gasteiger partial charge in [-0.3, -0.25) is 0 Å². The molecule has 12 unspecified atom stereocenters. The van der Waals surface area contributed by atoms with E-state index in [-0.39, 0.29) is 129 Å². The monoisotopic (exact) mass is 1980 g/mol. The third-order valence-corrected chi connectivity index (χ3v) is 23.3. The first kappa shape index (κ1) is 160. The van der Waals surface area contributed by atoms with Crippen molar-refractivity contribution in [1.29, 1.82) is 0 Å². The van der Waals surface area contributed by atoms with E-state index in [1.165, 1.54) is 95.0 Å². The molecular weight excluding hydrogens is 1750 g/mol. The van der Waals surface area contributed by atoms with E-state index in [0.29, 0.717) is 103 Å². The van der Waals surface area contributed by atoms with Crippen molar-refractivity contribution in [2.24, 2.45) is 0 Å². The Labute approximate surface area is 874 Å². The summed E-state index contributed by atoms with van der Waals surface area (Å²) in [5.41, 5.74) is 12.1. The van der Waals surface area contributed by atoms with Crippen molar-refractivity contribution in [3.63, 3.8) is 0 Å². The molecule has 10 rings (SSSR count). The number of hydrogen-bond acceptors (Lipinski definition) is 14. The van der Waals surface area contributed by atoms with Gasteiger partial charge in [-0.25, -0.2) is 0 Å². The summed E-state index contributed by atoms with van der Waals surface area (Å²) in [6.07, 6.45) is 16.9. The smallest absolute Gasteiger partial charge is 0.197 e. The van der Waals surface area contributed by atoms with Crippen molar-refractivity contribution >= 4 is 0 Å². The summed E-state index contributed by atoms with van der Waals surface area (Å²) in [7, 11) is 3.24. The van der Waals surface area contributed by atoms with Gasteiger partial charge >= 0.3 is 0 Å². The molecule has 14 heteroatoms. The van der Waals surface area contributed by atoms with Crippen LogP contribution in [0.2, 0.25) is 0 Å². The minimum atomic E-state index is -0.181. The average molecular weight is 1980 g/mol. The third kappa shape index (κ3) is 69.6. The number of rotatable bonds is 38. The van der Waals surface area contributed by atoms with E-state index in [2.05, 4.69) is 222 Å². The Balaban J connectivity index is -0.000000118. The van der Waals surface area contributed by atoms with E-state index in [0.717, 1.165) is 79.4 Å². The van der Waals surface area contributed by atoms with Crippen molar-refractivity contribution in [1.82, 2.24) is 0 Å². The zero-order chi connectivity index (χ0) is 94.4. The van der Waals surface area contributed by atoms with Gasteiger partial charge in [0.25, 0.3) is 0 Å². The predicted octanol–water partition coefficient (Wildman–Crippen LogP) is 41.2. The van der Waals surface area contributed by atoms with E-state index < -0.39 is 0 Å². The van der Waals surface area contributed by atoms with Crippen molar-refractivity contribution in [3.05, 3.63) is 268 Å². The Bertz CT molecular complexity index is 3810. The fraction of sp³-hybridized carbons (Fsp3) is 0.575. The molecule has 141 heavy (non-hydrogen) atoms. The molecule has 1 saturated carbocycles. The van der Waals surface area contributed by atoms with Crippen molar-refractivity contribution in [2.45, 2.75) is 451 Å². The van der Waals surface area contributed by atoms with Crippen LogP contribution in [0.1, 0.15) is 470 Å². The quantitative estimate of drug-likeness (QED) is 0.0313. The fourth-order valence-electron chi connectivity index (χ4n) is 13.0. The molecule has 12 atom stereocenters. The molecule has 9 aromatic carbocycles. The molecule has 0 amide bonds. The maximum absolute atomic E-state index is 9.01. The lowest BCUT2D eigenvalue weighted by atomic mass is 9.98. The number of phenolic OH excluding ortho intramolecular Hbond substituents is 3. The van der Waals surface area contributed by atoms with Crippen LogP contribution >= 0.6 is 0 Å². The lowest BCUT2D eigenvalue weighted by molar-refractivity contribution is -0.116. The molecule has 818 valence electrons. The Morgan fingerprint density at radius 1 is 0.227 bits per heavy atom. The standard InChI is InChI=1S/C18H28O2.2C14H22O2.C13H20O.2C12H18O2.3C10H14O.14CH4/c1-4-14(2)16-10-12-18(13-11-16)20-15(3)19-17-8-6-5-7-9-17;2*1-5-11(3)13-7-9-14(10-8-13)16-12(4)15-6-2;1-5-11(4)12-6-8-13(9-7-12)14-10(2)3;2*1-4-10(2)11-5-7-12(8-6-11)14-9-13-3;3*1-3-8(2)9-4-6-10(11)7-5-9;;;;;;;;;;;;;;/h10-15,17H,4-9H2,1-3H3;2*7-12H,5-6H2,1-4H3;6-11H,5H2,1-4H3;2*5-8,10H,4,9H2,1-3H3;3*4-8,11H,3H2,1-2H3;14*1H4. The number of methoxy groups -OCH3 is 2. The second-order valence-electron chi connectivity index (χ2n) is 33.6. The topological polar surface area (TPSA) is 162 Å². The highest BCUT2D eigenvalue weighted by Crippen LogP contribution is 2.31. The highest BCUT2D eigenvalue weighted by atomic mass is 16.7. The Hall–Kier alpha value is -9.02. The van der Waals surface area contributed by atoms with Gasteiger partial charge in [-0.15, -0.1) is 0 Å². The van der Waals surface area contributed by atoms with Crippen LogP contribution in [0.25, 0.3) is 0 Å². The zero-order valence-electron chi connectivity index (χ0n) is 83.4. The summed E-state index contributed by atoms with van der Waals surface area (Å²) in [6.45, 7) is 55.5. The fourth-order valence-corrected chi connectivity index (χ4v) is 13.0. The molecule has 1 fully saturated rings. The number of ether oxygens (including phenoxy) is 11. The van der Waals surface area contributed by atoms with Crippen LogP contribution in [0.5, 0.6) is 51.7 Å². The van der Waals surface area contributed by atoms with Crippen molar-refractivity contribution in [2.75, 3.05) is 41.0 Å². The molecule has 1 aliphatic rings. The van der Waals surface area contributed by atoms with Gasteiger partial charge in [-0.1, -0.05) is 357 Å². The van der Waals surface area contributed by atoms with E-state index >= 15 is 0 Å². The number of hydrogen-bond donors (Lipinski definition) is 3. The molecule has 0 aromatic heterocycles. The molecule has 3 N–H and O–H groups in total. The molecule has 0 radical (unpaired) electrons. The van der Waals surface area contributed by atoms with Gasteiger partial charge in [-0.05, 0) is 332 Å². The molecule has 1 aliphatic carbocycles. The average Bonchev–Trinajstić information content (AvgIpc) is 0.870. The lowest BCUT2D eigenvalue weighted by Crippen LogP contribution is -2.26. The first-order valence-corrected chi connectivity index (χ1v) is 47.7. The van der Waals surface area contributed by atoms with Gasteiger partial charge in [0, 0.05) is 27.4 Å². The number of benzene rings is 9. The van der Waals surface area contributed by atoms with Gasteiger partial charge < -0.3 is 67.4 Å². The normalized spacial score (nSPS) is 12.9. The van der Waals surface area contributed by atoms with Crippen LogP contribution in [0, 0.1) is 0 Å². The number of phenols is 3. The van der Waals surface area contributed by atoms with E-state index in [9.17, 15) is 0 Å². The first-order chi connectivity index (χ1) is 60.9. The van der Waals surface area contributed by atoms with Gasteiger partial charge in [-0.2, -0.15) is 0 Å². The van der Waals surface area contributed by atoms with Gasteiger partial charge in [0.1, 0.15) is 51.7 Å². The van der Waals surface area contributed by atoms with Crippen molar-refractivity contribution < 1.29 is 67.4 Å².